The van der Waals surface area contributed by atoms with Crippen molar-refractivity contribution >= 4 is 50.9 Å². The van der Waals surface area contributed by atoms with E-state index in [4.69, 9.17) is 27.9 Å². The summed E-state index contributed by atoms with van der Waals surface area (Å²) in [5, 5.41) is 8.00. The van der Waals surface area contributed by atoms with Crippen molar-refractivity contribution in [3.63, 3.8) is 0 Å². The highest BCUT2D eigenvalue weighted by molar-refractivity contribution is 9.10. The number of halogens is 5. The molecular weight excluding hydrogens is 507 g/mol. The molecule has 0 atom stereocenters. The Labute approximate surface area is 188 Å². The number of hydrogen-bond donors (Lipinski definition) is 1. The molecule has 0 fully saturated rings. The predicted octanol–water partition coefficient (Wildman–Crippen LogP) is 5.86. The molecule has 0 radical (unpaired) electrons. The zero-order valence-corrected chi connectivity index (χ0v) is 18.4. The summed E-state index contributed by atoms with van der Waals surface area (Å²) in [6, 6.07) is 9.01. The molecule has 158 valence electrons. The fraction of sp³-hybridized carbons (Fsp3) is 0.158. The maximum Gasteiger partial charge on any atom is 0.387 e. The molecule has 0 saturated heterocycles. The van der Waals surface area contributed by atoms with Gasteiger partial charge in [0.05, 0.1) is 18.1 Å². The van der Waals surface area contributed by atoms with Gasteiger partial charge in [0.2, 0.25) is 0 Å². The summed E-state index contributed by atoms with van der Waals surface area (Å²) in [7, 11) is 1.29. The number of nitrogens with zero attached hydrogens (tertiary/aromatic N) is 2. The first-order chi connectivity index (χ1) is 14.3. The molecule has 11 heteroatoms. The van der Waals surface area contributed by atoms with Crippen LogP contribution in [0.2, 0.25) is 10.0 Å². The largest absolute Gasteiger partial charge is 0.493 e. The maximum absolute atomic E-state index is 12.6. The Morgan fingerprint density at radius 3 is 2.67 bits per heavy atom. The van der Waals surface area contributed by atoms with E-state index in [9.17, 15) is 13.6 Å². The van der Waals surface area contributed by atoms with Gasteiger partial charge in [-0.1, -0.05) is 29.3 Å². The molecule has 6 nitrogen and oxygen atoms in total. The molecule has 1 amide bonds. The summed E-state index contributed by atoms with van der Waals surface area (Å²) >= 11 is 15.4. The van der Waals surface area contributed by atoms with Crippen LogP contribution >= 0.6 is 39.1 Å². The highest BCUT2D eigenvalue weighted by Crippen LogP contribution is 2.30. The van der Waals surface area contributed by atoms with E-state index in [1.807, 2.05) is 0 Å². The van der Waals surface area contributed by atoms with Gasteiger partial charge in [0, 0.05) is 21.8 Å². The highest BCUT2D eigenvalue weighted by Gasteiger charge is 2.17. The van der Waals surface area contributed by atoms with E-state index in [1.165, 1.54) is 25.3 Å². The minimum absolute atomic E-state index is 0.00456. The van der Waals surface area contributed by atoms with Gasteiger partial charge in [0.15, 0.2) is 17.3 Å². The van der Waals surface area contributed by atoms with Crippen LogP contribution in [0.3, 0.4) is 0 Å². The summed E-state index contributed by atoms with van der Waals surface area (Å²) < 4.78 is 36.4. The molecule has 0 aliphatic carbocycles. The summed E-state index contributed by atoms with van der Waals surface area (Å²) in [6.07, 6.45) is 1.68. The van der Waals surface area contributed by atoms with Gasteiger partial charge < -0.3 is 14.8 Å². The van der Waals surface area contributed by atoms with Crippen LogP contribution in [-0.2, 0) is 6.54 Å². The van der Waals surface area contributed by atoms with Crippen molar-refractivity contribution in [1.29, 1.82) is 0 Å². The Hall–Kier alpha value is -2.36. The van der Waals surface area contributed by atoms with Crippen LogP contribution < -0.4 is 14.8 Å². The lowest BCUT2D eigenvalue weighted by atomic mass is 10.2. The number of aromatic nitrogens is 2. The second-order valence-corrected chi connectivity index (χ2v) is 7.66. The molecule has 0 spiro atoms. The van der Waals surface area contributed by atoms with Gasteiger partial charge >= 0.3 is 6.61 Å². The van der Waals surface area contributed by atoms with E-state index in [0.29, 0.717) is 21.1 Å². The number of rotatable bonds is 7. The van der Waals surface area contributed by atoms with Gasteiger partial charge in [-0.15, -0.1) is 0 Å². The molecular formula is C19H14BrCl2F2N3O3. The number of hydrogen-bond acceptors (Lipinski definition) is 4. The SMILES string of the molecule is COc1cc(C(=O)Nc2nn(Cc3ccc(Cl)cc3Cl)cc2Br)ccc1OC(F)F. The average molecular weight is 521 g/mol. The number of anilines is 1. The Morgan fingerprint density at radius 1 is 1.23 bits per heavy atom. The zero-order valence-electron chi connectivity index (χ0n) is 15.3. The van der Waals surface area contributed by atoms with Crippen LogP contribution in [0.5, 0.6) is 11.5 Å². The summed E-state index contributed by atoms with van der Waals surface area (Å²) in [4.78, 5) is 12.6. The number of carbonyl (C=O) groups is 1. The number of alkyl halides is 2. The van der Waals surface area contributed by atoms with Crippen molar-refractivity contribution in [3.8, 4) is 11.5 Å². The Balaban J connectivity index is 1.75. The molecule has 0 saturated carbocycles. The van der Waals surface area contributed by atoms with Crippen LogP contribution in [0.4, 0.5) is 14.6 Å². The third kappa shape index (κ3) is 5.41. The van der Waals surface area contributed by atoms with Gasteiger partial charge in [-0.2, -0.15) is 13.9 Å². The molecule has 30 heavy (non-hydrogen) atoms. The number of carbonyl (C=O) groups excluding carboxylic acids is 1. The first-order valence-electron chi connectivity index (χ1n) is 8.38. The van der Waals surface area contributed by atoms with Crippen molar-refractivity contribution < 1.29 is 23.0 Å². The van der Waals surface area contributed by atoms with Crippen LogP contribution in [0, 0.1) is 0 Å². The second-order valence-electron chi connectivity index (χ2n) is 5.96. The minimum Gasteiger partial charge on any atom is -0.493 e. The van der Waals surface area contributed by atoms with Gasteiger partial charge in [-0.05, 0) is 51.8 Å². The van der Waals surface area contributed by atoms with Crippen LogP contribution in [0.15, 0.2) is 47.1 Å². The lowest BCUT2D eigenvalue weighted by Crippen LogP contribution is -2.14. The summed E-state index contributed by atoms with van der Waals surface area (Å²) in [6.45, 7) is -2.65. The van der Waals surface area contributed by atoms with E-state index >= 15 is 0 Å². The van der Waals surface area contributed by atoms with Crippen LogP contribution in [-0.4, -0.2) is 29.4 Å². The van der Waals surface area contributed by atoms with Crippen molar-refractivity contribution in [2.75, 3.05) is 12.4 Å². The average Bonchev–Trinajstić information content (AvgIpc) is 3.02. The van der Waals surface area contributed by atoms with Gasteiger partial charge in [-0.3, -0.25) is 9.48 Å². The van der Waals surface area contributed by atoms with Crippen molar-refractivity contribution in [2.24, 2.45) is 0 Å². The molecule has 3 rings (SSSR count). The van der Waals surface area contributed by atoms with E-state index in [0.717, 1.165) is 5.56 Å². The topological polar surface area (TPSA) is 65.4 Å². The van der Waals surface area contributed by atoms with Gasteiger partial charge in [0.25, 0.3) is 5.91 Å². The number of nitrogens with one attached hydrogen (secondary N) is 1. The molecule has 2 aromatic carbocycles. The molecule has 0 aliphatic heterocycles. The summed E-state index contributed by atoms with van der Waals surface area (Å²) in [5.41, 5.74) is 0.976. The number of ether oxygens (including phenoxy) is 2. The maximum atomic E-state index is 12.6. The Morgan fingerprint density at radius 2 is 2.00 bits per heavy atom. The lowest BCUT2D eigenvalue weighted by Gasteiger charge is -2.11. The number of methoxy groups -OCH3 is 1. The third-order valence-corrected chi connectivity index (χ3v) is 5.11. The van der Waals surface area contributed by atoms with E-state index in [1.54, 1.807) is 29.1 Å². The second kappa shape index (κ2) is 9.63. The van der Waals surface area contributed by atoms with E-state index in [2.05, 4.69) is 31.1 Å². The fourth-order valence-corrected chi connectivity index (χ4v) is 3.45. The fourth-order valence-electron chi connectivity index (χ4n) is 2.57. The Kier molecular flexibility index (Phi) is 7.17. The zero-order chi connectivity index (χ0) is 21.8. The first-order valence-corrected chi connectivity index (χ1v) is 9.92. The minimum atomic E-state index is -3.01. The molecule has 1 aromatic heterocycles. The number of benzene rings is 2. The van der Waals surface area contributed by atoms with Crippen LogP contribution in [0.25, 0.3) is 0 Å². The quantitative estimate of drug-likeness (QED) is 0.423. The molecule has 0 aliphatic rings. The van der Waals surface area contributed by atoms with Gasteiger partial charge in [0.1, 0.15) is 0 Å². The van der Waals surface area contributed by atoms with Crippen molar-refractivity contribution in [3.05, 3.63) is 68.2 Å². The number of amides is 1. The van der Waals surface area contributed by atoms with Gasteiger partial charge in [-0.25, -0.2) is 0 Å². The molecule has 1 N–H and O–H groups in total. The highest BCUT2D eigenvalue weighted by atomic mass is 79.9. The Bertz CT molecular complexity index is 1080. The van der Waals surface area contributed by atoms with E-state index in [-0.39, 0.29) is 22.9 Å². The predicted molar refractivity (Wildman–Crippen MR) is 113 cm³/mol. The third-order valence-electron chi connectivity index (χ3n) is 3.94. The van der Waals surface area contributed by atoms with Crippen LogP contribution in [0.1, 0.15) is 15.9 Å². The normalized spacial score (nSPS) is 10.9. The van der Waals surface area contributed by atoms with Crippen molar-refractivity contribution in [2.45, 2.75) is 13.2 Å². The molecule has 0 bridgehead atoms. The standard InChI is InChI=1S/C19H14BrCl2F2N3O3/c1-29-16-6-10(3-5-15(16)30-19(23)24)18(28)25-17-13(20)9-27(26-17)8-11-2-4-12(21)7-14(11)22/h2-7,9,19H,8H2,1H3,(H,25,26,28). The molecule has 0 unspecified atom stereocenters. The van der Waals surface area contributed by atoms with E-state index < -0.39 is 12.5 Å². The molecule has 3 aromatic rings. The summed E-state index contributed by atoms with van der Waals surface area (Å²) in [5.74, 6) is -0.399. The lowest BCUT2D eigenvalue weighted by molar-refractivity contribution is -0.0512. The molecule has 1 heterocycles. The monoisotopic (exact) mass is 519 g/mol. The van der Waals surface area contributed by atoms with Crippen molar-refractivity contribution in [1.82, 2.24) is 9.78 Å². The first kappa shape index (κ1) is 22.3. The smallest absolute Gasteiger partial charge is 0.387 e.